The summed E-state index contributed by atoms with van der Waals surface area (Å²) in [5.74, 6) is 0.671. The van der Waals surface area contributed by atoms with E-state index in [4.69, 9.17) is 0 Å². The van der Waals surface area contributed by atoms with Gasteiger partial charge in [-0.3, -0.25) is 4.79 Å². The maximum atomic E-state index is 13.0. The van der Waals surface area contributed by atoms with Gasteiger partial charge in [-0.1, -0.05) is 25.7 Å². The predicted molar refractivity (Wildman–Crippen MR) is 85.6 cm³/mol. The second-order valence-corrected chi connectivity index (χ2v) is 6.55. The van der Waals surface area contributed by atoms with E-state index >= 15 is 0 Å². The Labute approximate surface area is 123 Å². The van der Waals surface area contributed by atoms with Gasteiger partial charge >= 0.3 is 0 Å². The zero-order chi connectivity index (χ0) is 14.9. The van der Waals surface area contributed by atoms with Crippen LogP contribution in [0, 0.1) is 40.5 Å². The number of carbonyl (C=O) groups is 1. The van der Waals surface area contributed by atoms with Crippen molar-refractivity contribution in [2.75, 3.05) is 0 Å². The summed E-state index contributed by atoms with van der Waals surface area (Å²) in [6, 6.07) is 0. The van der Waals surface area contributed by atoms with Crippen LogP contribution >= 0.6 is 0 Å². The Bertz CT molecular complexity index is 488. The van der Waals surface area contributed by atoms with Crippen molar-refractivity contribution in [1.82, 2.24) is 0 Å². The summed E-state index contributed by atoms with van der Waals surface area (Å²) in [5, 5.41) is 0. The Hall–Kier alpha value is -1.11. The minimum atomic E-state index is 0.261. The van der Waals surface area contributed by atoms with Crippen molar-refractivity contribution >= 4 is 5.78 Å². The summed E-state index contributed by atoms with van der Waals surface area (Å²) in [6.07, 6.45) is 7.21. The largest absolute Gasteiger partial charge is 0.294 e. The molecule has 1 aliphatic carbocycles. The molecular formula is C19H28O. The molecule has 1 saturated carbocycles. The molecular weight excluding hydrogens is 244 g/mol. The van der Waals surface area contributed by atoms with Gasteiger partial charge in [0.05, 0.1) is 0 Å². The van der Waals surface area contributed by atoms with Crippen molar-refractivity contribution in [3.05, 3.63) is 33.4 Å². The highest BCUT2D eigenvalue weighted by atomic mass is 16.1. The number of Topliss-reactive ketones (excluding diaryl/α,β-unsaturated/α-hetero) is 1. The number of hydrogen-bond acceptors (Lipinski definition) is 1. The molecule has 110 valence electrons. The maximum absolute atomic E-state index is 13.0. The molecule has 0 aliphatic heterocycles. The van der Waals surface area contributed by atoms with Crippen molar-refractivity contribution in [3.63, 3.8) is 0 Å². The van der Waals surface area contributed by atoms with E-state index in [0.717, 1.165) is 18.4 Å². The highest BCUT2D eigenvalue weighted by Gasteiger charge is 2.25. The third-order valence-electron chi connectivity index (χ3n) is 5.47. The van der Waals surface area contributed by atoms with Crippen LogP contribution in [0.25, 0.3) is 0 Å². The van der Waals surface area contributed by atoms with E-state index in [1.165, 1.54) is 53.5 Å². The molecule has 0 spiro atoms. The monoisotopic (exact) mass is 272 g/mol. The molecule has 1 aromatic rings. The summed E-state index contributed by atoms with van der Waals surface area (Å²) >= 11 is 0. The molecule has 20 heavy (non-hydrogen) atoms. The number of hydrogen-bond donors (Lipinski definition) is 0. The first kappa shape index (κ1) is 15.3. The Kier molecular flexibility index (Phi) is 4.67. The van der Waals surface area contributed by atoms with E-state index in [1.54, 1.807) is 0 Å². The molecule has 0 bridgehead atoms. The molecule has 0 N–H and O–H groups in total. The van der Waals surface area contributed by atoms with Gasteiger partial charge in [0.15, 0.2) is 5.78 Å². The first-order valence-electron chi connectivity index (χ1n) is 8.06. The van der Waals surface area contributed by atoms with Crippen LogP contribution in [0.4, 0.5) is 0 Å². The maximum Gasteiger partial charge on any atom is 0.166 e. The molecule has 0 unspecified atom stereocenters. The summed E-state index contributed by atoms with van der Waals surface area (Å²) < 4.78 is 0. The summed E-state index contributed by atoms with van der Waals surface area (Å²) in [7, 11) is 0. The molecule has 0 heterocycles. The van der Waals surface area contributed by atoms with Crippen LogP contribution in [0.1, 0.15) is 76.7 Å². The fourth-order valence-corrected chi connectivity index (χ4v) is 3.62. The molecule has 0 radical (unpaired) electrons. The SMILES string of the molecule is Cc1c(C)c(C)c(C(=O)C2CCCCCC2)c(C)c1C. The molecule has 1 heteroatoms. The summed E-state index contributed by atoms with van der Waals surface area (Å²) in [4.78, 5) is 13.0. The number of carbonyl (C=O) groups excluding carboxylic acids is 1. The summed E-state index contributed by atoms with van der Waals surface area (Å²) in [5.41, 5.74) is 7.38. The van der Waals surface area contributed by atoms with Crippen molar-refractivity contribution in [1.29, 1.82) is 0 Å². The lowest BCUT2D eigenvalue weighted by Crippen LogP contribution is -2.18. The van der Waals surface area contributed by atoms with Crippen LogP contribution in [0.15, 0.2) is 0 Å². The van der Waals surface area contributed by atoms with E-state index in [0.29, 0.717) is 5.78 Å². The molecule has 0 saturated heterocycles. The lowest BCUT2D eigenvalue weighted by Gasteiger charge is -2.21. The minimum absolute atomic E-state index is 0.261. The third-order valence-corrected chi connectivity index (χ3v) is 5.47. The van der Waals surface area contributed by atoms with Gasteiger partial charge in [0.2, 0.25) is 0 Å². The highest BCUT2D eigenvalue weighted by Crippen LogP contribution is 2.32. The summed E-state index contributed by atoms with van der Waals surface area (Å²) in [6.45, 7) is 10.7. The topological polar surface area (TPSA) is 17.1 Å². The van der Waals surface area contributed by atoms with Crippen molar-refractivity contribution in [3.8, 4) is 0 Å². The van der Waals surface area contributed by atoms with Gasteiger partial charge in [-0.05, 0) is 75.3 Å². The van der Waals surface area contributed by atoms with E-state index in [-0.39, 0.29) is 5.92 Å². The van der Waals surface area contributed by atoms with Crippen LogP contribution in [0.5, 0.6) is 0 Å². The quantitative estimate of drug-likeness (QED) is 0.521. The lowest BCUT2D eigenvalue weighted by molar-refractivity contribution is 0.0906. The number of ketones is 1. The van der Waals surface area contributed by atoms with E-state index in [9.17, 15) is 4.79 Å². The van der Waals surface area contributed by atoms with Crippen LogP contribution in [0.2, 0.25) is 0 Å². The Balaban J connectivity index is 2.44. The fourth-order valence-electron chi connectivity index (χ4n) is 3.62. The minimum Gasteiger partial charge on any atom is -0.294 e. The average Bonchev–Trinajstić information content (AvgIpc) is 2.72. The number of benzene rings is 1. The van der Waals surface area contributed by atoms with Gasteiger partial charge < -0.3 is 0 Å². The van der Waals surface area contributed by atoms with Gasteiger partial charge in [-0.2, -0.15) is 0 Å². The molecule has 0 aromatic heterocycles. The average molecular weight is 272 g/mol. The van der Waals surface area contributed by atoms with Crippen LogP contribution in [-0.2, 0) is 0 Å². The molecule has 0 atom stereocenters. The predicted octanol–water partition coefficient (Wildman–Crippen LogP) is 5.38. The zero-order valence-corrected chi connectivity index (χ0v) is 13.7. The van der Waals surface area contributed by atoms with E-state index in [2.05, 4.69) is 34.6 Å². The molecule has 1 nitrogen and oxygen atoms in total. The standard InChI is InChI=1S/C19H28O/c1-12-13(2)15(4)18(16(5)14(12)3)19(20)17-10-8-6-7-9-11-17/h17H,6-11H2,1-5H3. The van der Waals surface area contributed by atoms with Gasteiger partial charge in [0, 0.05) is 11.5 Å². The van der Waals surface area contributed by atoms with Crippen LogP contribution in [0.3, 0.4) is 0 Å². The van der Waals surface area contributed by atoms with Crippen molar-refractivity contribution in [2.24, 2.45) is 5.92 Å². The smallest absolute Gasteiger partial charge is 0.166 e. The van der Waals surface area contributed by atoms with Gasteiger partial charge in [-0.15, -0.1) is 0 Å². The molecule has 1 aromatic carbocycles. The molecule has 2 rings (SSSR count). The van der Waals surface area contributed by atoms with E-state index in [1.807, 2.05) is 0 Å². The molecule has 1 fully saturated rings. The van der Waals surface area contributed by atoms with Gasteiger partial charge in [0.25, 0.3) is 0 Å². The van der Waals surface area contributed by atoms with Crippen LogP contribution in [-0.4, -0.2) is 5.78 Å². The Morgan fingerprint density at radius 3 is 1.55 bits per heavy atom. The normalized spacial score (nSPS) is 17.1. The van der Waals surface area contributed by atoms with Gasteiger partial charge in [-0.25, -0.2) is 0 Å². The van der Waals surface area contributed by atoms with E-state index < -0.39 is 0 Å². The number of rotatable bonds is 2. The highest BCUT2D eigenvalue weighted by molar-refractivity contribution is 6.01. The first-order valence-corrected chi connectivity index (χ1v) is 8.06. The second kappa shape index (κ2) is 6.11. The Morgan fingerprint density at radius 2 is 1.10 bits per heavy atom. The van der Waals surface area contributed by atoms with Crippen molar-refractivity contribution < 1.29 is 4.79 Å². The van der Waals surface area contributed by atoms with Crippen molar-refractivity contribution in [2.45, 2.75) is 73.1 Å². The van der Waals surface area contributed by atoms with Crippen LogP contribution < -0.4 is 0 Å². The third kappa shape index (κ3) is 2.68. The van der Waals surface area contributed by atoms with Gasteiger partial charge in [0.1, 0.15) is 0 Å². The lowest BCUT2D eigenvalue weighted by atomic mass is 9.82. The Morgan fingerprint density at radius 1 is 0.700 bits per heavy atom. The fraction of sp³-hybridized carbons (Fsp3) is 0.632. The second-order valence-electron chi connectivity index (χ2n) is 6.55. The molecule has 0 amide bonds. The first-order chi connectivity index (χ1) is 9.45. The zero-order valence-electron chi connectivity index (χ0n) is 13.7. The molecule has 1 aliphatic rings.